The number of rotatable bonds is 10. The van der Waals surface area contributed by atoms with Crippen LogP contribution in [0.25, 0.3) is 5.76 Å². The number of aromatic hydroxyl groups is 1. The number of nitrogens with zero attached hydrogens (tertiary/aromatic N) is 1. The lowest BCUT2D eigenvalue weighted by Gasteiger charge is -2.25. The lowest BCUT2D eigenvalue weighted by Crippen LogP contribution is -2.30. The zero-order chi connectivity index (χ0) is 24.0. The van der Waals surface area contributed by atoms with Crippen molar-refractivity contribution in [3.63, 3.8) is 0 Å². The molecule has 1 fully saturated rings. The highest BCUT2D eigenvalue weighted by molar-refractivity contribution is 6.46. The third kappa shape index (κ3) is 5.13. The van der Waals surface area contributed by atoms with Crippen molar-refractivity contribution in [3.8, 4) is 17.2 Å². The van der Waals surface area contributed by atoms with Gasteiger partial charge in [0.1, 0.15) is 23.0 Å². The molecule has 7 heteroatoms. The van der Waals surface area contributed by atoms with E-state index in [0.717, 1.165) is 19.3 Å². The molecule has 1 aliphatic rings. The molecule has 3 rings (SSSR count). The van der Waals surface area contributed by atoms with Gasteiger partial charge in [0.2, 0.25) is 0 Å². The number of hydrogen-bond acceptors (Lipinski definition) is 6. The van der Waals surface area contributed by atoms with Crippen LogP contribution in [-0.4, -0.2) is 46.6 Å². The van der Waals surface area contributed by atoms with Crippen LogP contribution < -0.4 is 9.47 Å². The first-order valence-electron chi connectivity index (χ1n) is 11.4. The fraction of sp³-hybridized carbons (Fsp3) is 0.385. The quantitative estimate of drug-likeness (QED) is 0.232. The standard InChI is InChI=1S/C26H31NO6/c1-4-7-8-14-27-23(17-10-9-11-18(28)15-17)22(25(30)26(27)31)24(29)20-13-12-19(32-5-2)16-21(20)33-6-3/h9-13,15-16,23,28-29H,4-8,14H2,1-3H3/b24-22-. The number of unbranched alkanes of at least 4 members (excludes halogenated alkanes) is 2. The van der Waals surface area contributed by atoms with Gasteiger partial charge in [-0.2, -0.15) is 0 Å². The Hall–Kier alpha value is -3.48. The summed E-state index contributed by atoms with van der Waals surface area (Å²) in [6.45, 7) is 6.92. The summed E-state index contributed by atoms with van der Waals surface area (Å²) in [6, 6.07) is 10.6. The van der Waals surface area contributed by atoms with Gasteiger partial charge in [-0.1, -0.05) is 31.9 Å². The molecule has 1 unspecified atom stereocenters. The molecule has 1 heterocycles. The van der Waals surface area contributed by atoms with Crippen LogP contribution in [0.1, 0.15) is 57.2 Å². The Morgan fingerprint density at radius 3 is 2.42 bits per heavy atom. The number of carbonyl (C=O) groups is 2. The van der Waals surface area contributed by atoms with Gasteiger partial charge >= 0.3 is 0 Å². The Bertz CT molecular complexity index is 1040. The molecular formula is C26H31NO6. The van der Waals surface area contributed by atoms with Crippen molar-refractivity contribution >= 4 is 17.4 Å². The topological polar surface area (TPSA) is 96.3 Å². The zero-order valence-electron chi connectivity index (χ0n) is 19.3. The predicted octanol–water partition coefficient (Wildman–Crippen LogP) is 4.80. The molecule has 1 atom stereocenters. The van der Waals surface area contributed by atoms with E-state index in [1.165, 1.54) is 17.0 Å². The summed E-state index contributed by atoms with van der Waals surface area (Å²) in [6.07, 6.45) is 2.60. The van der Waals surface area contributed by atoms with E-state index >= 15 is 0 Å². The van der Waals surface area contributed by atoms with E-state index in [9.17, 15) is 19.8 Å². The molecule has 0 radical (unpaired) electrons. The Labute approximate surface area is 194 Å². The fourth-order valence-electron chi connectivity index (χ4n) is 4.06. The highest BCUT2D eigenvalue weighted by Gasteiger charge is 2.46. The monoisotopic (exact) mass is 453 g/mol. The van der Waals surface area contributed by atoms with Crippen molar-refractivity contribution in [2.24, 2.45) is 0 Å². The van der Waals surface area contributed by atoms with Crippen molar-refractivity contribution in [2.45, 2.75) is 46.1 Å². The summed E-state index contributed by atoms with van der Waals surface area (Å²) in [5, 5.41) is 21.4. The number of phenolic OH excluding ortho intramolecular Hbond substituents is 1. The number of aliphatic hydroxyl groups excluding tert-OH is 1. The van der Waals surface area contributed by atoms with E-state index in [1.807, 2.05) is 13.8 Å². The van der Waals surface area contributed by atoms with Gasteiger partial charge in [0.25, 0.3) is 11.7 Å². The van der Waals surface area contributed by atoms with Gasteiger partial charge in [0.05, 0.1) is 30.4 Å². The molecule has 7 nitrogen and oxygen atoms in total. The molecule has 176 valence electrons. The van der Waals surface area contributed by atoms with Gasteiger partial charge in [-0.15, -0.1) is 0 Å². The number of amides is 1. The van der Waals surface area contributed by atoms with Gasteiger partial charge in [-0.25, -0.2) is 0 Å². The minimum absolute atomic E-state index is 0.0164. The van der Waals surface area contributed by atoms with Crippen LogP contribution in [0, 0.1) is 0 Å². The number of ether oxygens (including phenoxy) is 2. The number of aliphatic hydroxyl groups is 1. The maximum atomic E-state index is 13.1. The van der Waals surface area contributed by atoms with Crippen molar-refractivity contribution in [1.82, 2.24) is 4.90 Å². The molecule has 0 saturated carbocycles. The summed E-state index contributed by atoms with van der Waals surface area (Å²) in [5.74, 6) is -0.790. The molecule has 0 aromatic heterocycles. The second kappa shape index (κ2) is 10.9. The summed E-state index contributed by atoms with van der Waals surface area (Å²) < 4.78 is 11.2. The smallest absolute Gasteiger partial charge is 0.295 e. The molecule has 2 N–H and O–H groups in total. The SMILES string of the molecule is CCCCCN1C(=O)C(=O)/C(=C(\O)c2ccc(OCC)cc2OCC)C1c1cccc(O)c1. The molecule has 1 saturated heterocycles. The molecule has 33 heavy (non-hydrogen) atoms. The lowest BCUT2D eigenvalue weighted by molar-refractivity contribution is -0.139. The molecule has 1 amide bonds. The average molecular weight is 454 g/mol. The second-order valence-corrected chi connectivity index (χ2v) is 7.82. The van der Waals surface area contributed by atoms with Crippen LogP contribution in [0.3, 0.4) is 0 Å². The van der Waals surface area contributed by atoms with Crippen LogP contribution in [0.5, 0.6) is 17.2 Å². The second-order valence-electron chi connectivity index (χ2n) is 7.82. The predicted molar refractivity (Wildman–Crippen MR) is 125 cm³/mol. The van der Waals surface area contributed by atoms with Crippen LogP contribution in [0.4, 0.5) is 0 Å². The largest absolute Gasteiger partial charge is 0.508 e. The maximum Gasteiger partial charge on any atom is 0.295 e. The van der Waals surface area contributed by atoms with Crippen LogP contribution in [-0.2, 0) is 9.59 Å². The third-order valence-corrected chi connectivity index (χ3v) is 5.55. The Balaban J connectivity index is 2.16. The number of benzene rings is 2. The molecule has 2 aromatic rings. The van der Waals surface area contributed by atoms with Crippen molar-refractivity contribution < 1.29 is 29.3 Å². The molecule has 0 aliphatic carbocycles. The van der Waals surface area contributed by atoms with E-state index in [2.05, 4.69) is 6.92 Å². The summed E-state index contributed by atoms with van der Waals surface area (Å²) in [4.78, 5) is 27.6. The molecule has 2 aromatic carbocycles. The van der Waals surface area contributed by atoms with E-state index in [1.54, 1.807) is 30.3 Å². The van der Waals surface area contributed by atoms with E-state index < -0.39 is 17.7 Å². The van der Waals surface area contributed by atoms with Crippen LogP contribution >= 0.6 is 0 Å². The number of Topliss-reactive ketones (excluding diaryl/α,β-unsaturated/α-hetero) is 1. The fourth-order valence-corrected chi connectivity index (χ4v) is 4.06. The van der Waals surface area contributed by atoms with Crippen LogP contribution in [0.15, 0.2) is 48.0 Å². The van der Waals surface area contributed by atoms with Gasteiger partial charge in [0.15, 0.2) is 0 Å². The first kappa shape index (κ1) is 24.2. The first-order chi connectivity index (χ1) is 15.9. The minimum atomic E-state index is -0.810. The molecule has 0 bridgehead atoms. The van der Waals surface area contributed by atoms with Crippen molar-refractivity contribution in [1.29, 1.82) is 0 Å². The number of likely N-dealkylation sites (tertiary alicyclic amines) is 1. The Morgan fingerprint density at radius 2 is 1.76 bits per heavy atom. The minimum Gasteiger partial charge on any atom is -0.508 e. The number of carbonyl (C=O) groups excluding carboxylic acids is 2. The normalized spacial score (nSPS) is 17.4. The van der Waals surface area contributed by atoms with Crippen molar-refractivity contribution in [3.05, 3.63) is 59.2 Å². The van der Waals surface area contributed by atoms with Gasteiger partial charge < -0.3 is 24.6 Å². The third-order valence-electron chi connectivity index (χ3n) is 5.55. The number of ketones is 1. The van der Waals surface area contributed by atoms with Crippen molar-refractivity contribution in [2.75, 3.05) is 19.8 Å². The van der Waals surface area contributed by atoms with Gasteiger partial charge in [0, 0.05) is 12.6 Å². The van der Waals surface area contributed by atoms with E-state index in [0.29, 0.717) is 42.4 Å². The summed E-state index contributed by atoms with van der Waals surface area (Å²) in [7, 11) is 0. The maximum absolute atomic E-state index is 13.1. The van der Waals surface area contributed by atoms with Gasteiger partial charge in [-0.05, 0) is 50.1 Å². The summed E-state index contributed by atoms with van der Waals surface area (Å²) in [5.41, 5.74) is 0.834. The number of phenols is 1. The van der Waals surface area contributed by atoms with Crippen LogP contribution in [0.2, 0.25) is 0 Å². The lowest BCUT2D eigenvalue weighted by atomic mass is 9.94. The first-order valence-corrected chi connectivity index (χ1v) is 11.4. The van der Waals surface area contributed by atoms with E-state index in [4.69, 9.17) is 9.47 Å². The highest BCUT2D eigenvalue weighted by atomic mass is 16.5. The average Bonchev–Trinajstić information content (AvgIpc) is 3.04. The zero-order valence-corrected chi connectivity index (χ0v) is 19.3. The number of hydrogen-bond donors (Lipinski definition) is 2. The molecule has 0 spiro atoms. The van der Waals surface area contributed by atoms with Gasteiger partial charge in [-0.3, -0.25) is 9.59 Å². The Morgan fingerprint density at radius 1 is 1.00 bits per heavy atom. The Kier molecular flexibility index (Phi) is 7.98. The van der Waals surface area contributed by atoms with E-state index in [-0.39, 0.29) is 17.1 Å². The molecular weight excluding hydrogens is 422 g/mol. The molecule has 1 aliphatic heterocycles. The highest BCUT2D eigenvalue weighted by Crippen LogP contribution is 2.42. The summed E-state index contributed by atoms with van der Waals surface area (Å²) >= 11 is 0.